The van der Waals surface area contributed by atoms with Gasteiger partial charge in [0.1, 0.15) is 0 Å². The van der Waals surface area contributed by atoms with Crippen LogP contribution in [0.5, 0.6) is 0 Å². The smallest absolute Gasteiger partial charge is 0.0295 e. The van der Waals surface area contributed by atoms with E-state index in [4.69, 9.17) is 0 Å². The SMILES string of the molecule is C=C(C)CC(CCCC)C(C)C. The van der Waals surface area contributed by atoms with E-state index in [1.165, 1.54) is 31.3 Å². The summed E-state index contributed by atoms with van der Waals surface area (Å²) in [5, 5.41) is 0. The predicted molar refractivity (Wildman–Crippen MR) is 57.3 cm³/mol. The zero-order valence-electron chi connectivity index (χ0n) is 9.19. The van der Waals surface area contributed by atoms with Gasteiger partial charge in [0.2, 0.25) is 0 Å². The normalized spacial score (nSPS) is 13.4. The Labute approximate surface area is 78.1 Å². The second-order valence-electron chi connectivity index (χ2n) is 4.31. The molecule has 0 saturated carbocycles. The zero-order valence-corrected chi connectivity index (χ0v) is 9.19. The van der Waals surface area contributed by atoms with Crippen molar-refractivity contribution in [2.75, 3.05) is 0 Å². The van der Waals surface area contributed by atoms with Crippen LogP contribution in [0.25, 0.3) is 0 Å². The molecule has 0 aromatic carbocycles. The fourth-order valence-corrected chi connectivity index (χ4v) is 1.58. The number of hydrogen-bond acceptors (Lipinski definition) is 0. The van der Waals surface area contributed by atoms with Crippen molar-refractivity contribution in [2.24, 2.45) is 11.8 Å². The summed E-state index contributed by atoms with van der Waals surface area (Å²) in [5.41, 5.74) is 1.34. The van der Waals surface area contributed by atoms with E-state index in [0.29, 0.717) is 0 Å². The van der Waals surface area contributed by atoms with Gasteiger partial charge in [-0.25, -0.2) is 0 Å². The molecule has 0 nitrogen and oxygen atoms in total. The third-order valence-corrected chi connectivity index (χ3v) is 2.48. The molecule has 12 heavy (non-hydrogen) atoms. The molecule has 0 saturated heterocycles. The number of unbranched alkanes of at least 4 members (excludes halogenated alkanes) is 1. The van der Waals surface area contributed by atoms with Gasteiger partial charge in [0.15, 0.2) is 0 Å². The van der Waals surface area contributed by atoms with E-state index in [1.807, 2.05) is 0 Å². The average molecular weight is 168 g/mol. The molecule has 0 rings (SSSR count). The topological polar surface area (TPSA) is 0 Å². The standard InChI is InChI=1S/C12H24/c1-6-7-8-12(11(4)5)9-10(2)3/h11-12H,2,6-9H2,1,3-5H3. The first kappa shape index (κ1) is 11.7. The van der Waals surface area contributed by atoms with Crippen LogP contribution in [-0.2, 0) is 0 Å². The minimum Gasteiger partial charge on any atom is -0.100 e. The average Bonchev–Trinajstić information content (AvgIpc) is 1.96. The Morgan fingerprint density at radius 1 is 1.33 bits per heavy atom. The van der Waals surface area contributed by atoms with Crippen molar-refractivity contribution >= 4 is 0 Å². The van der Waals surface area contributed by atoms with Crippen LogP contribution in [0.4, 0.5) is 0 Å². The minimum absolute atomic E-state index is 0.813. The van der Waals surface area contributed by atoms with Crippen molar-refractivity contribution in [1.29, 1.82) is 0 Å². The Hall–Kier alpha value is -0.260. The number of rotatable bonds is 6. The van der Waals surface area contributed by atoms with Crippen molar-refractivity contribution in [2.45, 2.75) is 53.4 Å². The lowest BCUT2D eigenvalue weighted by atomic mass is 9.86. The van der Waals surface area contributed by atoms with Crippen molar-refractivity contribution in [3.05, 3.63) is 12.2 Å². The molecule has 0 aromatic heterocycles. The van der Waals surface area contributed by atoms with E-state index in [1.54, 1.807) is 0 Å². The lowest BCUT2D eigenvalue weighted by Crippen LogP contribution is -2.08. The van der Waals surface area contributed by atoms with E-state index in [0.717, 1.165) is 11.8 Å². The van der Waals surface area contributed by atoms with Gasteiger partial charge >= 0.3 is 0 Å². The van der Waals surface area contributed by atoms with E-state index >= 15 is 0 Å². The van der Waals surface area contributed by atoms with Gasteiger partial charge in [0.25, 0.3) is 0 Å². The largest absolute Gasteiger partial charge is 0.100 e. The summed E-state index contributed by atoms with van der Waals surface area (Å²) in [6.45, 7) is 13.0. The van der Waals surface area contributed by atoms with Crippen LogP contribution in [0, 0.1) is 11.8 Å². The van der Waals surface area contributed by atoms with Crippen molar-refractivity contribution in [1.82, 2.24) is 0 Å². The van der Waals surface area contributed by atoms with Crippen LogP contribution in [0.1, 0.15) is 53.4 Å². The first-order valence-corrected chi connectivity index (χ1v) is 5.22. The van der Waals surface area contributed by atoms with Crippen molar-refractivity contribution < 1.29 is 0 Å². The third-order valence-electron chi connectivity index (χ3n) is 2.48. The fourth-order valence-electron chi connectivity index (χ4n) is 1.58. The van der Waals surface area contributed by atoms with Crippen LogP contribution >= 0.6 is 0 Å². The Balaban J connectivity index is 3.78. The van der Waals surface area contributed by atoms with E-state index < -0.39 is 0 Å². The van der Waals surface area contributed by atoms with Crippen molar-refractivity contribution in [3.63, 3.8) is 0 Å². The maximum Gasteiger partial charge on any atom is -0.0295 e. The predicted octanol–water partition coefficient (Wildman–Crippen LogP) is 4.42. The van der Waals surface area contributed by atoms with Gasteiger partial charge < -0.3 is 0 Å². The molecule has 72 valence electrons. The summed E-state index contributed by atoms with van der Waals surface area (Å²) in [6, 6.07) is 0. The summed E-state index contributed by atoms with van der Waals surface area (Å²) in [6.07, 6.45) is 5.29. The lowest BCUT2D eigenvalue weighted by Gasteiger charge is -2.20. The van der Waals surface area contributed by atoms with Crippen LogP contribution in [-0.4, -0.2) is 0 Å². The van der Waals surface area contributed by atoms with Gasteiger partial charge in [0, 0.05) is 0 Å². The Morgan fingerprint density at radius 3 is 2.25 bits per heavy atom. The van der Waals surface area contributed by atoms with Gasteiger partial charge in [-0.15, -0.1) is 6.58 Å². The highest BCUT2D eigenvalue weighted by Gasteiger charge is 2.12. The molecule has 0 fully saturated rings. The first-order valence-electron chi connectivity index (χ1n) is 5.22. The quantitative estimate of drug-likeness (QED) is 0.515. The third kappa shape index (κ3) is 5.40. The summed E-state index contributed by atoms with van der Waals surface area (Å²) in [4.78, 5) is 0. The van der Waals surface area contributed by atoms with Crippen LogP contribution in [0.15, 0.2) is 12.2 Å². The van der Waals surface area contributed by atoms with Crippen LogP contribution < -0.4 is 0 Å². The Bertz CT molecular complexity index is 122. The molecule has 0 aliphatic carbocycles. The highest BCUT2D eigenvalue weighted by Crippen LogP contribution is 2.24. The zero-order chi connectivity index (χ0) is 9.56. The number of allylic oxidation sites excluding steroid dienone is 1. The van der Waals surface area contributed by atoms with Crippen molar-refractivity contribution in [3.8, 4) is 0 Å². The summed E-state index contributed by atoms with van der Waals surface area (Å²) >= 11 is 0. The van der Waals surface area contributed by atoms with E-state index in [2.05, 4.69) is 34.3 Å². The number of hydrogen-bond donors (Lipinski definition) is 0. The highest BCUT2D eigenvalue weighted by atomic mass is 14.2. The van der Waals surface area contributed by atoms with Gasteiger partial charge in [-0.3, -0.25) is 0 Å². The molecule has 1 unspecified atom stereocenters. The molecule has 1 atom stereocenters. The van der Waals surface area contributed by atoms with Gasteiger partial charge in [-0.05, 0) is 31.6 Å². The molecule has 0 amide bonds. The molecule has 0 radical (unpaired) electrons. The minimum atomic E-state index is 0.813. The van der Waals surface area contributed by atoms with E-state index in [-0.39, 0.29) is 0 Å². The summed E-state index contributed by atoms with van der Waals surface area (Å²) in [7, 11) is 0. The molecular formula is C12H24. The highest BCUT2D eigenvalue weighted by molar-refractivity contribution is 4.90. The van der Waals surface area contributed by atoms with Gasteiger partial charge in [-0.1, -0.05) is 39.2 Å². The fraction of sp³-hybridized carbons (Fsp3) is 0.833. The summed E-state index contributed by atoms with van der Waals surface area (Å²) in [5.74, 6) is 1.68. The molecule has 0 heteroatoms. The Morgan fingerprint density at radius 2 is 1.92 bits per heavy atom. The molecule has 0 aromatic rings. The molecule has 0 aliphatic rings. The maximum absolute atomic E-state index is 3.99. The molecule has 0 spiro atoms. The maximum atomic E-state index is 3.99. The van der Waals surface area contributed by atoms with Crippen LogP contribution in [0.3, 0.4) is 0 Å². The molecular weight excluding hydrogens is 144 g/mol. The van der Waals surface area contributed by atoms with Gasteiger partial charge in [-0.2, -0.15) is 0 Å². The molecule has 0 aliphatic heterocycles. The lowest BCUT2D eigenvalue weighted by molar-refractivity contribution is 0.347. The van der Waals surface area contributed by atoms with E-state index in [9.17, 15) is 0 Å². The molecule has 0 bridgehead atoms. The van der Waals surface area contributed by atoms with Crippen LogP contribution in [0.2, 0.25) is 0 Å². The molecule has 0 heterocycles. The second-order valence-corrected chi connectivity index (χ2v) is 4.31. The monoisotopic (exact) mass is 168 g/mol. The first-order chi connectivity index (χ1) is 5.57. The summed E-state index contributed by atoms with van der Waals surface area (Å²) < 4.78 is 0. The molecule has 0 N–H and O–H groups in total. The Kier molecular flexibility index (Phi) is 6.14. The second kappa shape index (κ2) is 6.28. The van der Waals surface area contributed by atoms with Gasteiger partial charge in [0.05, 0.1) is 0 Å².